The molecular weight excluding hydrogens is 228 g/mol. The van der Waals surface area contributed by atoms with Gasteiger partial charge in [-0.1, -0.05) is 23.7 Å². The molecule has 4 heteroatoms. The second-order valence-corrected chi connectivity index (χ2v) is 3.98. The highest BCUT2D eigenvalue weighted by Crippen LogP contribution is 2.23. The second-order valence-electron chi connectivity index (χ2n) is 3.58. The highest BCUT2D eigenvalue weighted by Gasteiger charge is 2.26. The minimum absolute atomic E-state index is 0.242. The summed E-state index contributed by atoms with van der Waals surface area (Å²) in [7, 11) is 1.26. The molecule has 0 amide bonds. The monoisotopic (exact) mass is 240 g/mol. The molecule has 86 valence electrons. The highest BCUT2D eigenvalue weighted by molar-refractivity contribution is 6.31. The summed E-state index contributed by atoms with van der Waals surface area (Å²) in [5, 5.41) is 0.607. The Hall–Kier alpha value is -1.35. The van der Waals surface area contributed by atoms with Gasteiger partial charge < -0.3 is 4.74 Å². The topological polar surface area (TPSA) is 43.4 Å². The van der Waals surface area contributed by atoms with Crippen LogP contribution in [0.4, 0.5) is 0 Å². The van der Waals surface area contributed by atoms with Crippen LogP contribution in [0.25, 0.3) is 0 Å². The lowest BCUT2D eigenvalue weighted by Gasteiger charge is -2.12. The lowest BCUT2D eigenvalue weighted by Crippen LogP contribution is -2.21. The molecule has 1 aromatic rings. The molecule has 1 aromatic carbocycles. The van der Waals surface area contributed by atoms with Crippen LogP contribution in [0.1, 0.15) is 24.0 Å². The minimum Gasteiger partial charge on any atom is -0.468 e. The van der Waals surface area contributed by atoms with Gasteiger partial charge in [0.15, 0.2) is 0 Å². The van der Waals surface area contributed by atoms with E-state index in [1.807, 2.05) is 6.92 Å². The normalized spacial score (nSPS) is 12.0. The number of aryl methyl sites for hydroxylation is 1. The summed E-state index contributed by atoms with van der Waals surface area (Å²) in [5.74, 6) is -1.65. The molecule has 0 aliphatic carbocycles. The summed E-state index contributed by atoms with van der Waals surface area (Å²) in [6, 6.07) is 5.06. The number of benzene rings is 1. The van der Waals surface area contributed by atoms with Crippen LogP contribution in [0.15, 0.2) is 18.2 Å². The fraction of sp³-hybridized carbons (Fsp3) is 0.333. The average Bonchev–Trinajstić information content (AvgIpc) is 2.22. The van der Waals surface area contributed by atoms with Crippen molar-refractivity contribution in [3.05, 3.63) is 34.3 Å². The van der Waals surface area contributed by atoms with Gasteiger partial charge in [0.05, 0.1) is 7.11 Å². The number of halogens is 1. The van der Waals surface area contributed by atoms with Gasteiger partial charge in [0.2, 0.25) is 0 Å². The van der Waals surface area contributed by atoms with E-state index in [4.69, 9.17) is 11.6 Å². The molecule has 1 rings (SSSR count). The molecule has 0 saturated carbocycles. The number of hydrogen-bond acceptors (Lipinski definition) is 3. The Morgan fingerprint density at radius 1 is 1.38 bits per heavy atom. The average molecular weight is 241 g/mol. The van der Waals surface area contributed by atoms with Gasteiger partial charge in [0.25, 0.3) is 0 Å². The van der Waals surface area contributed by atoms with Crippen LogP contribution in [0.2, 0.25) is 5.02 Å². The first kappa shape index (κ1) is 12.7. The predicted octanol–water partition coefficient (Wildman–Crippen LogP) is 2.49. The lowest BCUT2D eigenvalue weighted by molar-refractivity contribution is -0.145. The van der Waals surface area contributed by atoms with E-state index in [0.29, 0.717) is 10.6 Å². The molecule has 0 aliphatic rings. The summed E-state index contributed by atoms with van der Waals surface area (Å²) in [4.78, 5) is 22.9. The van der Waals surface area contributed by atoms with E-state index in [2.05, 4.69) is 4.74 Å². The Morgan fingerprint density at radius 3 is 2.44 bits per heavy atom. The maximum absolute atomic E-state index is 11.5. The van der Waals surface area contributed by atoms with Gasteiger partial charge in [-0.2, -0.15) is 0 Å². The first-order valence-electron chi connectivity index (χ1n) is 4.81. The number of carbonyl (C=O) groups is 2. The lowest BCUT2D eigenvalue weighted by atomic mass is 9.94. The van der Waals surface area contributed by atoms with Crippen molar-refractivity contribution in [2.75, 3.05) is 7.11 Å². The van der Waals surface area contributed by atoms with Crippen molar-refractivity contribution in [1.29, 1.82) is 0 Å². The molecular formula is C12H13ClO3. The van der Waals surface area contributed by atoms with Crippen molar-refractivity contribution >= 4 is 23.4 Å². The Balaban J connectivity index is 3.16. The highest BCUT2D eigenvalue weighted by atomic mass is 35.5. The molecule has 0 bridgehead atoms. The third-order valence-electron chi connectivity index (χ3n) is 2.36. The van der Waals surface area contributed by atoms with Crippen molar-refractivity contribution in [2.24, 2.45) is 0 Å². The Bertz CT molecular complexity index is 426. The van der Waals surface area contributed by atoms with Gasteiger partial charge in [-0.15, -0.1) is 0 Å². The Labute approximate surface area is 99.4 Å². The molecule has 0 radical (unpaired) electrons. The van der Waals surface area contributed by atoms with Crippen molar-refractivity contribution in [3.8, 4) is 0 Å². The Kier molecular flexibility index (Phi) is 4.07. The van der Waals surface area contributed by atoms with Crippen LogP contribution in [0, 0.1) is 6.92 Å². The van der Waals surface area contributed by atoms with Crippen LogP contribution in [0.5, 0.6) is 0 Å². The zero-order valence-corrected chi connectivity index (χ0v) is 10.2. The van der Waals surface area contributed by atoms with E-state index >= 15 is 0 Å². The SMILES string of the molecule is COC(=O)C(C(C)=O)c1ccc(Cl)c(C)c1. The van der Waals surface area contributed by atoms with Crippen molar-refractivity contribution in [1.82, 2.24) is 0 Å². The van der Waals surface area contributed by atoms with E-state index in [-0.39, 0.29) is 5.78 Å². The zero-order chi connectivity index (χ0) is 12.3. The molecule has 1 atom stereocenters. The summed E-state index contributed by atoms with van der Waals surface area (Å²) in [5.41, 5.74) is 1.44. The van der Waals surface area contributed by atoms with Gasteiger partial charge >= 0.3 is 5.97 Å². The number of Topliss-reactive ketones (excluding diaryl/α,β-unsaturated/α-hetero) is 1. The number of carbonyl (C=O) groups excluding carboxylic acids is 2. The smallest absolute Gasteiger partial charge is 0.320 e. The van der Waals surface area contributed by atoms with Crippen LogP contribution < -0.4 is 0 Å². The van der Waals surface area contributed by atoms with Gasteiger partial charge in [0.1, 0.15) is 11.7 Å². The first-order valence-corrected chi connectivity index (χ1v) is 5.19. The summed E-state index contributed by atoms with van der Waals surface area (Å²) in [6.45, 7) is 3.19. The maximum atomic E-state index is 11.5. The molecule has 0 aliphatic heterocycles. The number of rotatable bonds is 3. The van der Waals surface area contributed by atoms with Crippen molar-refractivity contribution < 1.29 is 14.3 Å². The molecule has 3 nitrogen and oxygen atoms in total. The van der Waals surface area contributed by atoms with E-state index in [0.717, 1.165) is 5.56 Å². The molecule has 0 saturated heterocycles. The minimum atomic E-state index is -0.860. The van der Waals surface area contributed by atoms with Gasteiger partial charge in [-0.05, 0) is 31.0 Å². The van der Waals surface area contributed by atoms with Crippen LogP contribution in [-0.4, -0.2) is 18.9 Å². The third-order valence-corrected chi connectivity index (χ3v) is 2.78. The van der Waals surface area contributed by atoms with Crippen LogP contribution in [0.3, 0.4) is 0 Å². The predicted molar refractivity (Wildman–Crippen MR) is 61.6 cm³/mol. The summed E-state index contributed by atoms with van der Waals surface area (Å²) >= 11 is 5.88. The van der Waals surface area contributed by atoms with Crippen LogP contribution >= 0.6 is 11.6 Å². The molecule has 16 heavy (non-hydrogen) atoms. The maximum Gasteiger partial charge on any atom is 0.320 e. The molecule has 0 N–H and O–H groups in total. The van der Waals surface area contributed by atoms with Crippen molar-refractivity contribution in [2.45, 2.75) is 19.8 Å². The number of methoxy groups -OCH3 is 1. The second kappa shape index (κ2) is 5.12. The number of ketones is 1. The molecule has 0 aromatic heterocycles. The number of hydrogen-bond donors (Lipinski definition) is 0. The number of ether oxygens (including phenoxy) is 1. The van der Waals surface area contributed by atoms with Gasteiger partial charge in [0, 0.05) is 5.02 Å². The Morgan fingerprint density at radius 2 is 2.00 bits per heavy atom. The van der Waals surface area contributed by atoms with Crippen LogP contribution in [-0.2, 0) is 14.3 Å². The third kappa shape index (κ3) is 2.61. The summed E-state index contributed by atoms with van der Waals surface area (Å²) < 4.78 is 4.61. The van der Waals surface area contributed by atoms with Gasteiger partial charge in [-0.3, -0.25) is 9.59 Å². The van der Waals surface area contributed by atoms with E-state index in [9.17, 15) is 9.59 Å². The molecule has 0 spiro atoms. The fourth-order valence-corrected chi connectivity index (χ4v) is 1.62. The van der Waals surface area contributed by atoms with E-state index in [1.54, 1.807) is 18.2 Å². The van der Waals surface area contributed by atoms with Gasteiger partial charge in [-0.25, -0.2) is 0 Å². The van der Waals surface area contributed by atoms with E-state index in [1.165, 1.54) is 14.0 Å². The zero-order valence-electron chi connectivity index (χ0n) is 9.41. The van der Waals surface area contributed by atoms with E-state index < -0.39 is 11.9 Å². The van der Waals surface area contributed by atoms with Crippen molar-refractivity contribution in [3.63, 3.8) is 0 Å². The quantitative estimate of drug-likeness (QED) is 0.602. The molecule has 0 heterocycles. The largest absolute Gasteiger partial charge is 0.468 e. The number of esters is 1. The summed E-state index contributed by atoms with van der Waals surface area (Å²) in [6.07, 6.45) is 0. The first-order chi connectivity index (χ1) is 7.47. The fourth-order valence-electron chi connectivity index (χ4n) is 1.50. The molecule has 1 unspecified atom stereocenters. The standard InChI is InChI=1S/C12H13ClO3/c1-7-6-9(4-5-10(7)13)11(8(2)14)12(15)16-3/h4-6,11H,1-3H3. The molecule has 0 fully saturated rings.